The number of Topliss-reactive ketones (excluding diaryl/α,β-unsaturated/α-hetero) is 1. The van der Waals surface area contributed by atoms with E-state index >= 15 is 0 Å². The van der Waals surface area contributed by atoms with Crippen molar-refractivity contribution in [2.75, 3.05) is 31.1 Å². The molecule has 3 aromatic carbocycles. The van der Waals surface area contributed by atoms with E-state index in [9.17, 15) is 19.2 Å². The minimum atomic E-state index is -0.484. The van der Waals surface area contributed by atoms with Crippen LogP contribution in [-0.4, -0.2) is 52.3 Å². The van der Waals surface area contributed by atoms with Crippen LogP contribution in [0, 0.1) is 0 Å². The van der Waals surface area contributed by atoms with Crippen LogP contribution in [0.2, 0.25) is 0 Å². The lowest BCUT2D eigenvalue weighted by Gasteiger charge is -2.36. The van der Waals surface area contributed by atoms with Crippen molar-refractivity contribution < 1.29 is 9.59 Å². The number of aryl methyl sites for hydroxylation is 1. The van der Waals surface area contributed by atoms with Crippen LogP contribution in [0.3, 0.4) is 0 Å². The Morgan fingerprint density at radius 2 is 1.51 bits per heavy atom. The van der Waals surface area contributed by atoms with Crippen LogP contribution in [0.1, 0.15) is 33.2 Å². The molecule has 1 aliphatic heterocycles. The molecule has 0 unspecified atom stereocenters. The van der Waals surface area contributed by atoms with Gasteiger partial charge in [0.25, 0.3) is 11.5 Å². The fourth-order valence-electron chi connectivity index (χ4n) is 4.73. The highest BCUT2D eigenvalue weighted by molar-refractivity contribution is 5.98. The van der Waals surface area contributed by atoms with E-state index in [1.807, 2.05) is 54.6 Å². The Balaban J connectivity index is 1.28. The van der Waals surface area contributed by atoms with Gasteiger partial charge in [-0.3, -0.25) is 19.0 Å². The molecule has 37 heavy (non-hydrogen) atoms. The van der Waals surface area contributed by atoms with E-state index < -0.39 is 5.69 Å². The van der Waals surface area contributed by atoms with E-state index in [-0.39, 0.29) is 23.8 Å². The highest BCUT2D eigenvalue weighted by Crippen LogP contribution is 2.19. The van der Waals surface area contributed by atoms with Gasteiger partial charge in [-0.25, -0.2) is 4.79 Å². The second-order valence-corrected chi connectivity index (χ2v) is 9.27. The number of ketones is 1. The van der Waals surface area contributed by atoms with Gasteiger partial charge in [0.2, 0.25) is 0 Å². The molecule has 0 bridgehead atoms. The average Bonchev–Trinajstić information content (AvgIpc) is 2.93. The van der Waals surface area contributed by atoms with Crippen molar-refractivity contribution in [1.29, 1.82) is 0 Å². The number of fused-ring (bicyclic) bond motifs is 1. The lowest BCUT2D eigenvalue weighted by molar-refractivity contribution is 0.0746. The second kappa shape index (κ2) is 10.3. The zero-order chi connectivity index (χ0) is 25.9. The number of aromatic amines is 1. The number of H-pyrrole nitrogens is 1. The van der Waals surface area contributed by atoms with Crippen LogP contribution in [0.4, 0.5) is 5.69 Å². The number of carbonyl (C=O) groups is 2. The fraction of sp³-hybridized carbons (Fsp3) is 0.241. The summed E-state index contributed by atoms with van der Waals surface area (Å²) in [5.74, 6) is -0.104. The lowest BCUT2D eigenvalue weighted by Crippen LogP contribution is -2.48. The van der Waals surface area contributed by atoms with Gasteiger partial charge in [0, 0.05) is 49.5 Å². The maximum Gasteiger partial charge on any atom is 0.328 e. The van der Waals surface area contributed by atoms with Crippen LogP contribution in [-0.2, 0) is 13.0 Å². The Morgan fingerprint density at radius 1 is 0.838 bits per heavy atom. The molecule has 8 nitrogen and oxygen atoms in total. The Labute approximate surface area is 213 Å². The predicted molar refractivity (Wildman–Crippen MR) is 144 cm³/mol. The van der Waals surface area contributed by atoms with Gasteiger partial charge in [0.05, 0.1) is 10.9 Å². The van der Waals surface area contributed by atoms with Crippen LogP contribution in [0.5, 0.6) is 0 Å². The number of anilines is 1. The Kier molecular flexibility index (Phi) is 6.72. The van der Waals surface area contributed by atoms with Gasteiger partial charge in [-0.2, -0.15) is 0 Å². The topological polar surface area (TPSA) is 95.5 Å². The molecule has 1 fully saturated rings. The molecule has 1 aromatic heterocycles. The van der Waals surface area contributed by atoms with Gasteiger partial charge >= 0.3 is 5.69 Å². The zero-order valence-corrected chi connectivity index (χ0v) is 20.6. The minimum absolute atomic E-state index is 0.0322. The van der Waals surface area contributed by atoms with Gasteiger partial charge < -0.3 is 14.8 Å². The van der Waals surface area contributed by atoms with Crippen molar-refractivity contribution in [2.24, 2.45) is 0 Å². The third-order valence-electron chi connectivity index (χ3n) is 6.90. The summed E-state index contributed by atoms with van der Waals surface area (Å²) < 4.78 is 1.21. The largest absolute Gasteiger partial charge is 0.368 e. The number of amides is 1. The number of benzene rings is 3. The quantitative estimate of drug-likeness (QED) is 0.414. The summed E-state index contributed by atoms with van der Waals surface area (Å²) in [6.45, 7) is 4.25. The standard InChI is InChI=1S/C29H28N4O4/c1-20(34)22-7-10-24(11-8-22)31-15-17-32(18-16-31)27(35)23-9-12-25-26(19-23)30-29(37)33(28(25)36)14-13-21-5-3-2-4-6-21/h2-12,19H,13-18H2,1H3,(H,30,37). The minimum Gasteiger partial charge on any atom is -0.368 e. The summed E-state index contributed by atoms with van der Waals surface area (Å²) in [6, 6.07) is 22.1. The van der Waals surface area contributed by atoms with E-state index in [4.69, 9.17) is 0 Å². The Hall–Kier alpha value is -4.46. The first-order valence-electron chi connectivity index (χ1n) is 12.4. The summed E-state index contributed by atoms with van der Waals surface area (Å²) in [6.07, 6.45) is 0.568. The van der Waals surface area contributed by atoms with Gasteiger partial charge in [-0.15, -0.1) is 0 Å². The van der Waals surface area contributed by atoms with Gasteiger partial charge in [0.1, 0.15) is 0 Å². The SMILES string of the molecule is CC(=O)c1ccc(N2CCN(C(=O)c3ccc4c(=O)n(CCc5ccccc5)c(=O)[nH]c4c3)CC2)cc1. The molecule has 8 heteroatoms. The molecule has 1 N–H and O–H groups in total. The van der Waals surface area contributed by atoms with Crippen molar-refractivity contribution in [1.82, 2.24) is 14.5 Å². The van der Waals surface area contributed by atoms with Crippen molar-refractivity contribution in [3.8, 4) is 0 Å². The maximum atomic E-state index is 13.2. The highest BCUT2D eigenvalue weighted by atomic mass is 16.2. The zero-order valence-electron chi connectivity index (χ0n) is 20.6. The first-order chi connectivity index (χ1) is 17.9. The molecule has 0 aliphatic carbocycles. The van der Waals surface area contributed by atoms with Crippen molar-refractivity contribution in [3.63, 3.8) is 0 Å². The molecule has 188 valence electrons. The molecule has 0 atom stereocenters. The normalized spacial score (nSPS) is 13.6. The van der Waals surface area contributed by atoms with Gasteiger partial charge in [-0.05, 0) is 61.4 Å². The summed E-state index contributed by atoms with van der Waals surface area (Å²) in [4.78, 5) is 57.1. The van der Waals surface area contributed by atoms with Crippen molar-refractivity contribution in [2.45, 2.75) is 19.9 Å². The number of nitrogens with one attached hydrogen (secondary N) is 1. The number of aromatic nitrogens is 2. The molecule has 1 saturated heterocycles. The summed E-state index contributed by atoms with van der Waals surface area (Å²) in [5.41, 5.74) is 2.69. The van der Waals surface area contributed by atoms with Crippen molar-refractivity contribution >= 4 is 28.3 Å². The summed E-state index contributed by atoms with van der Waals surface area (Å²) in [7, 11) is 0. The van der Waals surface area contributed by atoms with Crippen molar-refractivity contribution in [3.05, 3.63) is 110 Å². The lowest BCUT2D eigenvalue weighted by atomic mass is 10.1. The predicted octanol–water partition coefficient (Wildman–Crippen LogP) is 3.10. The van der Waals surface area contributed by atoms with E-state index in [2.05, 4.69) is 9.88 Å². The van der Waals surface area contributed by atoms with Crippen LogP contribution >= 0.6 is 0 Å². The molecule has 0 radical (unpaired) electrons. The molecule has 5 rings (SSSR count). The first kappa shape index (κ1) is 24.2. The van der Waals surface area contributed by atoms with E-state index in [0.29, 0.717) is 54.6 Å². The molecule has 1 aliphatic rings. The number of carbonyl (C=O) groups excluding carboxylic acids is 2. The van der Waals surface area contributed by atoms with Crippen LogP contribution < -0.4 is 16.1 Å². The van der Waals surface area contributed by atoms with Crippen LogP contribution in [0.25, 0.3) is 10.9 Å². The third-order valence-corrected chi connectivity index (χ3v) is 6.90. The molecule has 2 heterocycles. The molecule has 0 saturated carbocycles. The van der Waals surface area contributed by atoms with Gasteiger partial charge in [0.15, 0.2) is 5.78 Å². The number of rotatable bonds is 6. The Morgan fingerprint density at radius 3 is 2.19 bits per heavy atom. The third kappa shape index (κ3) is 5.09. The summed E-state index contributed by atoms with van der Waals surface area (Å²) in [5, 5.41) is 0.378. The highest BCUT2D eigenvalue weighted by Gasteiger charge is 2.23. The first-order valence-corrected chi connectivity index (χ1v) is 12.4. The van der Waals surface area contributed by atoms with Gasteiger partial charge in [-0.1, -0.05) is 30.3 Å². The molecular weight excluding hydrogens is 468 g/mol. The fourth-order valence-corrected chi connectivity index (χ4v) is 4.73. The number of nitrogens with zero attached hydrogens (tertiary/aromatic N) is 3. The molecular formula is C29H28N4O4. The smallest absolute Gasteiger partial charge is 0.328 e. The number of piperazine rings is 1. The Bertz CT molecular complexity index is 1560. The molecule has 4 aromatic rings. The molecule has 1 amide bonds. The van der Waals surface area contributed by atoms with E-state index in [0.717, 1.165) is 11.3 Å². The summed E-state index contributed by atoms with van der Waals surface area (Å²) >= 11 is 0. The van der Waals surface area contributed by atoms with E-state index in [1.54, 1.807) is 30.0 Å². The average molecular weight is 497 g/mol. The maximum absolute atomic E-state index is 13.2. The second-order valence-electron chi connectivity index (χ2n) is 9.27. The van der Waals surface area contributed by atoms with E-state index in [1.165, 1.54) is 4.57 Å². The number of hydrogen-bond acceptors (Lipinski definition) is 5. The number of hydrogen-bond donors (Lipinski definition) is 1. The molecule has 0 spiro atoms. The monoisotopic (exact) mass is 496 g/mol. The van der Waals surface area contributed by atoms with Crippen LogP contribution in [0.15, 0.2) is 82.4 Å².